The van der Waals surface area contributed by atoms with Gasteiger partial charge in [-0.15, -0.1) is 0 Å². The van der Waals surface area contributed by atoms with Crippen LogP contribution in [0.25, 0.3) is 0 Å². The Balaban J connectivity index is 2.00. The second kappa shape index (κ2) is 5.81. The number of nitrogens with zero attached hydrogens (tertiary/aromatic N) is 1. The lowest BCUT2D eigenvalue weighted by atomic mass is 10.1. The first-order chi connectivity index (χ1) is 9.49. The number of halogens is 3. The van der Waals surface area contributed by atoms with Gasteiger partial charge < -0.3 is 10.6 Å². The first-order valence-corrected chi connectivity index (χ1v) is 6.02. The fourth-order valence-electron chi connectivity index (χ4n) is 1.69. The quantitative estimate of drug-likeness (QED) is 0.896. The van der Waals surface area contributed by atoms with E-state index in [1.165, 1.54) is 12.1 Å². The van der Waals surface area contributed by atoms with E-state index in [2.05, 4.69) is 15.6 Å². The molecule has 6 heteroatoms. The van der Waals surface area contributed by atoms with Crippen LogP contribution in [0.1, 0.15) is 11.1 Å². The highest BCUT2D eigenvalue weighted by molar-refractivity contribution is 5.53. The van der Waals surface area contributed by atoms with Gasteiger partial charge in [0.25, 0.3) is 0 Å². The average Bonchev–Trinajstić information content (AvgIpc) is 2.45. The van der Waals surface area contributed by atoms with Crippen molar-refractivity contribution in [3.8, 4) is 0 Å². The molecule has 0 spiro atoms. The van der Waals surface area contributed by atoms with Crippen LogP contribution in [0, 0.1) is 0 Å². The van der Waals surface area contributed by atoms with E-state index in [0.29, 0.717) is 6.54 Å². The predicted molar refractivity (Wildman–Crippen MR) is 72.6 cm³/mol. The number of hydrogen-bond acceptors (Lipinski definition) is 3. The van der Waals surface area contributed by atoms with Crippen LogP contribution in [-0.4, -0.2) is 12.0 Å². The molecule has 106 valence electrons. The molecule has 0 aliphatic carbocycles. The Hall–Kier alpha value is -2.24. The number of alkyl halides is 3. The number of rotatable bonds is 4. The number of nitrogens with one attached hydrogen (secondary N) is 2. The Kier molecular flexibility index (Phi) is 4.12. The minimum Gasteiger partial charge on any atom is -0.387 e. The van der Waals surface area contributed by atoms with Crippen molar-refractivity contribution in [1.82, 2.24) is 4.98 Å². The molecule has 1 aromatic carbocycles. The third-order valence-corrected chi connectivity index (χ3v) is 2.80. The van der Waals surface area contributed by atoms with Crippen molar-refractivity contribution in [2.75, 3.05) is 17.7 Å². The average molecular weight is 281 g/mol. The smallest absolute Gasteiger partial charge is 0.387 e. The van der Waals surface area contributed by atoms with Gasteiger partial charge in [-0.25, -0.2) is 0 Å². The molecule has 3 nitrogen and oxygen atoms in total. The molecule has 0 unspecified atom stereocenters. The van der Waals surface area contributed by atoms with E-state index in [0.717, 1.165) is 29.1 Å². The molecule has 2 aromatic rings. The van der Waals surface area contributed by atoms with Crippen LogP contribution < -0.4 is 10.6 Å². The van der Waals surface area contributed by atoms with Crippen molar-refractivity contribution in [3.63, 3.8) is 0 Å². The van der Waals surface area contributed by atoms with Gasteiger partial charge >= 0.3 is 6.18 Å². The summed E-state index contributed by atoms with van der Waals surface area (Å²) in [4.78, 5) is 4.04. The van der Waals surface area contributed by atoms with Crippen LogP contribution in [-0.2, 0) is 12.7 Å². The fraction of sp³-hybridized carbons (Fsp3) is 0.214. The first kappa shape index (κ1) is 14.2. The monoisotopic (exact) mass is 281 g/mol. The van der Waals surface area contributed by atoms with E-state index in [1.807, 2.05) is 6.07 Å². The summed E-state index contributed by atoms with van der Waals surface area (Å²) in [6.45, 7) is 0.437. The highest BCUT2D eigenvalue weighted by Gasteiger charge is 2.29. The molecule has 1 aromatic heterocycles. The molecule has 0 radical (unpaired) electrons. The summed E-state index contributed by atoms with van der Waals surface area (Å²) in [7, 11) is 1.79. The lowest BCUT2D eigenvalue weighted by Crippen LogP contribution is -2.05. The standard InChI is InChI=1S/C14H14F3N3/c1-18-12-6-13(9-19-8-12)20-7-10-2-4-11(5-3-10)14(15,16)17/h2-6,8-9,18,20H,7H2,1H3. The summed E-state index contributed by atoms with van der Waals surface area (Å²) >= 11 is 0. The summed E-state index contributed by atoms with van der Waals surface area (Å²) < 4.78 is 37.3. The molecule has 0 bridgehead atoms. The zero-order valence-corrected chi connectivity index (χ0v) is 10.8. The second-order valence-electron chi connectivity index (χ2n) is 4.26. The van der Waals surface area contributed by atoms with Crippen LogP contribution in [0.15, 0.2) is 42.7 Å². The van der Waals surface area contributed by atoms with E-state index in [1.54, 1.807) is 19.4 Å². The SMILES string of the molecule is CNc1cncc(NCc2ccc(C(F)(F)F)cc2)c1. The van der Waals surface area contributed by atoms with Gasteiger partial charge in [0.2, 0.25) is 0 Å². The van der Waals surface area contributed by atoms with Gasteiger partial charge in [0.15, 0.2) is 0 Å². The summed E-state index contributed by atoms with van der Waals surface area (Å²) in [6.07, 6.45) is -0.953. The molecule has 0 amide bonds. The normalized spacial score (nSPS) is 11.2. The Morgan fingerprint density at radius 1 is 1.05 bits per heavy atom. The summed E-state index contributed by atoms with van der Waals surface area (Å²) in [5.41, 5.74) is 1.80. The maximum Gasteiger partial charge on any atom is 0.416 e. The van der Waals surface area contributed by atoms with Crippen molar-refractivity contribution in [3.05, 3.63) is 53.9 Å². The van der Waals surface area contributed by atoms with Gasteiger partial charge in [0.05, 0.1) is 29.3 Å². The number of benzene rings is 1. The molecule has 2 rings (SSSR count). The molecular weight excluding hydrogens is 267 g/mol. The van der Waals surface area contributed by atoms with E-state index in [4.69, 9.17) is 0 Å². The maximum absolute atomic E-state index is 12.4. The topological polar surface area (TPSA) is 37.0 Å². The first-order valence-electron chi connectivity index (χ1n) is 6.02. The zero-order valence-electron chi connectivity index (χ0n) is 10.8. The van der Waals surface area contributed by atoms with Crippen LogP contribution in [0.4, 0.5) is 24.5 Å². The van der Waals surface area contributed by atoms with E-state index < -0.39 is 11.7 Å². The molecule has 20 heavy (non-hydrogen) atoms. The van der Waals surface area contributed by atoms with Crippen molar-refractivity contribution in [2.24, 2.45) is 0 Å². The lowest BCUT2D eigenvalue weighted by molar-refractivity contribution is -0.137. The Labute approximate surface area is 114 Å². The molecule has 0 saturated carbocycles. The number of hydrogen-bond donors (Lipinski definition) is 2. The fourth-order valence-corrected chi connectivity index (χ4v) is 1.69. The molecule has 0 atom stereocenters. The Morgan fingerprint density at radius 3 is 2.30 bits per heavy atom. The van der Waals surface area contributed by atoms with Crippen molar-refractivity contribution >= 4 is 11.4 Å². The zero-order chi connectivity index (χ0) is 14.6. The van der Waals surface area contributed by atoms with Gasteiger partial charge in [-0.2, -0.15) is 13.2 Å². The van der Waals surface area contributed by atoms with E-state index >= 15 is 0 Å². The number of anilines is 2. The van der Waals surface area contributed by atoms with Gasteiger partial charge in [-0.1, -0.05) is 12.1 Å². The Bertz CT molecular complexity index is 565. The molecule has 1 heterocycles. The third kappa shape index (κ3) is 3.63. The molecule has 0 aliphatic rings. The molecule has 0 saturated heterocycles. The minimum absolute atomic E-state index is 0.437. The van der Waals surface area contributed by atoms with E-state index in [-0.39, 0.29) is 0 Å². The highest BCUT2D eigenvalue weighted by Crippen LogP contribution is 2.29. The summed E-state index contributed by atoms with van der Waals surface area (Å²) in [5.74, 6) is 0. The predicted octanol–water partition coefficient (Wildman–Crippen LogP) is 3.75. The van der Waals surface area contributed by atoms with Gasteiger partial charge in [0, 0.05) is 13.6 Å². The number of aromatic nitrogens is 1. The maximum atomic E-state index is 12.4. The summed E-state index contributed by atoms with van der Waals surface area (Å²) in [5, 5.41) is 6.07. The van der Waals surface area contributed by atoms with Gasteiger partial charge in [0.1, 0.15) is 0 Å². The van der Waals surface area contributed by atoms with Crippen LogP contribution in [0.3, 0.4) is 0 Å². The third-order valence-electron chi connectivity index (χ3n) is 2.80. The lowest BCUT2D eigenvalue weighted by Gasteiger charge is -2.10. The summed E-state index contributed by atoms with van der Waals surface area (Å²) in [6, 6.07) is 6.96. The van der Waals surface area contributed by atoms with E-state index in [9.17, 15) is 13.2 Å². The molecule has 2 N–H and O–H groups in total. The van der Waals surface area contributed by atoms with Crippen molar-refractivity contribution in [2.45, 2.75) is 12.7 Å². The van der Waals surface area contributed by atoms with Gasteiger partial charge in [-0.05, 0) is 23.8 Å². The van der Waals surface area contributed by atoms with Crippen LogP contribution in [0.2, 0.25) is 0 Å². The van der Waals surface area contributed by atoms with Crippen LogP contribution in [0.5, 0.6) is 0 Å². The Morgan fingerprint density at radius 2 is 1.70 bits per heavy atom. The second-order valence-corrected chi connectivity index (χ2v) is 4.26. The van der Waals surface area contributed by atoms with Crippen molar-refractivity contribution in [1.29, 1.82) is 0 Å². The van der Waals surface area contributed by atoms with Gasteiger partial charge in [-0.3, -0.25) is 4.98 Å². The largest absolute Gasteiger partial charge is 0.416 e. The highest BCUT2D eigenvalue weighted by atomic mass is 19.4. The molecular formula is C14H14F3N3. The number of pyridine rings is 1. The van der Waals surface area contributed by atoms with Crippen molar-refractivity contribution < 1.29 is 13.2 Å². The van der Waals surface area contributed by atoms with Crippen LogP contribution >= 0.6 is 0 Å². The molecule has 0 aliphatic heterocycles. The minimum atomic E-state index is -4.29. The molecule has 0 fully saturated rings.